The van der Waals surface area contributed by atoms with Gasteiger partial charge in [-0.2, -0.15) is 13.2 Å². The Morgan fingerprint density at radius 2 is 1.91 bits per heavy atom. The van der Waals surface area contributed by atoms with Crippen LogP contribution in [0.15, 0.2) is 30.6 Å². The average Bonchev–Trinajstić information content (AvgIpc) is 3.20. The van der Waals surface area contributed by atoms with E-state index in [0.717, 1.165) is 12.4 Å². The molecule has 2 aliphatic heterocycles. The predicted molar refractivity (Wildman–Crippen MR) is 105 cm³/mol. The summed E-state index contributed by atoms with van der Waals surface area (Å²) in [6.45, 7) is 0.473. The van der Waals surface area contributed by atoms with Gasteiger partial charge in [0, 0.05) is 37.7 Å². The molecule has 2 atom stereocenters. The number of aromatic amines is 1. The number of ether oxygens (including phenoxy) is 2. The van der Waals surface area contributed by atoms with Gasteiger partial charge >= 0.3 is 6.18 Å². The Hall–Kier alpha value is -2.95. The molecule has 3 aromatic rings. The van der Waals surface area contributed by atoms with E-state index in [-0.39, 0.29) is 55.3 Å². The zero-order valence-electron chi connectivity index (χ0n) is 16.7. The van der Waals surface area contributed by atoms with Crippen molar-refractivity contribution in [1.29, 1.82) is 0 Å². The molecule has 2 aliphatic rings. The number of aromatic nitrogens is 3. The number of benzene rings is 1. The molecule has 1 aromatic carbocycles. The zero-order chi connectivity index (χ0) is 22.5. The van der Waals surface area contributed by atoms with Crippen molar-refractivity contribution in [2.75, 3.05) is 25.1 Å². The van der Waals surface area contributed by atoms with Gasteiger partial charge in [0.05, 0.1) is 24.0 Å². The minimum atomic E-state index is -4.59. The Morgan fingerprint density at radius 3 is 2.66 bits per heavy atom. The number of anilines is 1. The summed E-state index contributed by atoms with van der Waals surface area (Å²) in [4.78, 5) is 10.2. The van der Waals surface area contributed by atoms with Crippen LogP contribution in [-0.4, -0.2) is 40.4 Å². The highest BCUT2D eigenvalue weighted by atomic mass is 19.4. The van der Waals surface area contributed by atoms with Crippen molar-refractivity contribution < 1.29 is 31.4 Å². The lowest BCUT2D eigenvalue weighted by molar-refractivity contribution is -0.140. The van der Waals surface area contributed by atoms with Gasteiger partial charge in [-0.1, -0.05) is 6.07 Å². The van der Waals surface area contributed by atoms with Crippen LogP contribution in [0.4, 0.5) is 27.8 Å². The predicted octanol–water partition coefficient (Wildman–Crippen LogP) is 4.80. The minimum absolute atomic E-state index is 0.00112. The Balaban J connectivity index is 1.58. The number of hydrogen-bond donors (Lipinski definition) is 2. The molecule has 170 valence electrons. The molecule has 1 fully saturated rings. The molecule has 11 heteroatoms. The second-order valence-electron chi connectivity index (χ2n) is 8.03. The van der Waals surface area contributed by atoms with Crippen LogP contribution < -0.4 is 10.1 Å². The van der Waals surface area contributed by atoms with Gasteiger partial charge in [-0.05, 0) is 12.1 Å². The largest absolute Gasteiger partial charge is 0.493 e. The summed E-state index contributed by atoms with van der Waals surface area (Å²) < 4.78 is 80.3. The number of H-pyrrole nitrogens is 1. The average molecular weight is 454 g/mol. The van der Waals surface area contributed by atoms with E-state index in [4.69, 9.17) is 9.47 Å². The molecule has 0 bridgehead atoms. The first-order valence-corrected chi connectivity index (χ1v) is 10.1. The molecule has 0 unspecified atom stereocenters. The van der Waals surface area contributed by atoms with Crippen LogP contribution in [0.5, 0.6) is 5.75 Å². The molecule has 0 aliphatic carbocycles. The van der Waals surface area contributed by atoms with Crippen molar-refractivity contribution in [2.24, 2.45) is 5.92 Å². The van der Waals surface area contributed by atoms with E-state index < -0.39 is 35.3 Å². The van der Waals surface area contributed by atoms with Gasteiger partial charge in [-0.25, -0.2) is 18.7 Å². The number of hydrogen-bond acceptors (Lipinski definition) is 5. The maximum absolute atomic E-state index is 16.0. The molecule has 32 heavy (non-hydrogen) atoms. The lowest BCUT2D eigenvalue weighted by Crippen LogP contribution is -2.48. The first-order valence-electron chi connectivity index (χ1n) is 10.1. The highest BCUT2D eigenvalue weighted by molar-refractivity contribution is 5.88. The topological polar surface area (TPSA) is 72.1 Å². The first kappa shape index (κ1) is 20.9. The molecule has 6 nitrogen and oxygen atoms in total. The zero-order valence-corrected chi connectivity index (χ0v) is 16.7. The van der Waals surface area contributed by atoms with Gasteiger partial charge in [-0.15, -0.1) is 0 Å². The van der Waals surface area contributed by atoms with E-state index in [1.54, 1.807) is 0 Å². The first-order chi connectivity index (χ1) is 15.2. The second kappa shape index (κ2) is 7.58. The van der Waals surface area contributed by atoms with Crippen LogP contribution in [0.2, 0.25) is 0 Å². The highest BCUT2D eigenvalue weighted by Crippen LogP contribution is 2.47. The van der Waals surface area contributed by atoms with Gasteiger partial charge in [-0.3, -0.25) is 0 Å². The maximum Gasteiger partial charge on any atom is 0.431 e. The Morgan fingerprint density at radius 1 is 1.12 bits per heavy atom. The maximum atomic E-state index is 16.0. The van der Waals surface area contributed by atoms with E-state index in [9.17, 15) is 17.6 Å². The quantitative estimate of drug-likeness (QED) is 0.557. The van der Waals surface area contributed by atoms with Crippen molar-refractivity contribution in [2.45, 2.75) is 30.7 Å². The SMILES string of the molecule is Fc1ccc2c(c1)OC[C@H](C1(F)CCOCC1)[C@H]2Nc1ncnc2[nH]c(C(F)(F)F)cc12. The standard InChI is InChI=1S/C21H19F5N4O2/c22-11-1-2-12-15(7-11)32-9-14(20(23)3-5-31-6-4-20)17(12)30-19-13-8-16(21(24,25)26)29-18(13)27-10-28-19/h1-2,7-8,10,14,17H,3-6,9H2,(H2,27,28,29,30)/t14-,17-/m0/s1. The van der Waals surface area contributed by atoms with Gasteiger partial charge < -0.3 is 19.8 Å². The van der Waals surface area contributed by atoms with Crippen molar-refractivity contribution in [3.8, 4) is 5.75 Å². The normalized spacial score (nSPS) is 22.9. The molecule has 0 radical (unpaired) electrons. The van der Waals surface area contributed by atoms with Gasteiger partial charge in [0.15, 0.2) is 0 Å². The van der Waals surface area contributed by atoms with E-state index in [1.807, 2.05) is 0 Å². The lowest BCUT2D eigenvalue weighted by atomic mass is 9.75. The number of nitrogens with one attached hydrogen (secondary N) is 2. The number of alkyl halides is 4. The lowest BCUT2D eigenvalue weighted by Gasteiger charge is -2.44. The fraction of sp³-hybridized carbons (Fsp3) is 0.429. The third-order valence-corrected chi connectivity index (χ3v) is 6.14. The highest BCUT2D eigenvalue weighted by Gasteiger charge is 2.48. The van der Waals surface area contributed by atoms with Crippen LogP contribution in [0.1, 0.15) is 30.1 Å². The number of halogens is 5. The van der Waals surface area contributed by atoms with Crippen LogP contribution in [0.3, 0.4) is 0 Å². The number of fused-ring (bicyclic) bond motifs is 2. The summed E-state index contributed by atoms with van der Waals surface area (Å²) in [6.07, 6.45) is -3.16. The van der Waals surface area contributed by atoms with Gasteiger partial charge in [0.25, 0.3) is 0 Å². The summed E-state index contributed by atoms with van der Waals surface area (Å²) in [5.41, 5.74) is -2.10. The Bertz CT molecular complexity index is 1140. The summed E-state index contributed by atoms with van der Waals surface area (Å²) in [7, 11) is 0. The smallest absolute Gasteiger partial charge is 0.431 e. The van der Waals surface area contributed by atoms with E-state index in [2.05, 4.69) is 20.3 Å². The third kappa shape index (κ3) is 3.64. The Kier molecular flexibility index (Phi) is 4.95. The molecule has 2 aromatic heterocycles. The number of nitrogens with zero attached hydrogens (tertiary/aromatic N) is 2. The summed E-state index contributed by atoms with van der Waals surface area (Å²) >= 11 is 0. The fourth-order valence-corrected chi connectivity index (χ4v) is 4.45. The molecular weight excluding hydrogens is 435 g/mol. The third-order valence-electron chi connectivity index (χ3n) is 6.14. The summed E-state index contributed by atoms with van der Waals surface area (Å²) in [5.74, 6) is -0.836. The molecular formula is C21H19F5N4O2. The van der Waals surface area contributed by atoms with Crippen LogP contribution in [0.25, 0.3) is 11.0 Å². The van der Waals surface area contributed by atoms with E-state index in [1.165, 1.54) is 18.2 Å². The van der Waals surface area contributed by atoms with Crippen molar-refractivity contribution in [1.82, 2.24) is 15.0 Å². The molecule has 2 N–H and O–H groups in total. The molecule has 0 spiro atoms. The molecule has 4 heterocycles. The van der Waals surface area contributed by atoms with Crippen molar-refractivity contribution >= 4 is 16.9 Å². The summed E-state index contributed by atoms with van der Waals surface area (Å²) in [6, 6.07) is 4.14. The monoisotopic (exact) mass is 454 g/mol. The molecule has 5 rings (SSSR count). The van der Waals surface area contributed by atoms with Crippen LogP contribution >= 0.6 is 0 Å². The Labute approximate surface area is 179 Å². The molecule has 0 amide bonds. The summed E-state index contributed by atoms with van der Waals surface area (Å²) in [5, 5.41) is 3.23. The molecule has 1 saturated heterocycles. The van der Waals surface area contributed by atoms with Crippen LogP contribution in [0, 0.1) is 11.7 Å². The van der Waals surface area contributed by atoms with Crippen molar-refractivity contribution in [3.05, 3.63) is 47.7 Å². The van der Waals surface area contributed by atoms with Gasteiger partial charge in [0.2, 0.25) is 0 Å². The van der Waals surface area contributed by atoms with E-state index in [0.29, 0.717) is 5.56 Å². The van der Waals surface area contributed by atoms with Crippen LogP contribution in [-0.2, 0) is 10.9 Å². The van der Waals surface area contributed by atoms with Gasteiger partial charge in [0.1, 0.15) is 40.7 Å². The number of rotatable bonds is 3. The van der Waals surface area contributed by atoms with E-state index >= 15 is 4.39 Å². The molecule has 0 saturated carbocycles. The van der Waals surface area contributed by atoms with Crippen molar-refractivity contribution in [3.63, 3.8) is 0 Å². The second-order valence-corrected chi connectivity index (χ2v) is 8.03. The minimum Gasteiger partial charge on any atom is -0.493 e. The fourth-order valence-electron chi connectivity index (χ4n) is 4.45.